The second kappa shape index (κ2) is 5.37. The van der Waals surface area contributed by atoms with E-state index >= 15 is 0 Å². The van der Waals surface area contributed by atoms with Crippen molar-refractivity contribution in [3.05, 3.63) is 5.82 Å². The van der Waals surface area contributed by atoms with Gasteiger partial charge < -0.3 is 14.8 Å². The number of rotatable bonds is 4. The van der Waals surface area contributed by atoms with Crippen LogP contribution in [0.3, 0.4) is 0 Å². The predicted molar refractivity (Wildman–Crippen MR) is 57.1 cm³/mol. The molecule has 1 rings (SSSR count). The van der Waals surface area contributed by atoms with Crippen LogP contribution in [0.25, 0.3) is 0 Å². The molecule has 0 radical (unpaired) electrons. The minimum Gasteiger partial charge on any atom is -0.444 e. The molecule has 8 nitrogen and oxygen atoms in total. The average molecular weight is 241 g/mol. The minimum atomic E-state index is -0.723. The molecule has 1 heterocycles. The molecule has 0 bridgehead atoms. The molecule has 17 heavy (non-hydrogen) atoms. The van der Waals surface area contributed by atoms with E-state index in [9.17, 15) is 9.59 Å². The van der Waals surface area contributed by atoms with E-state index in [0.717, 1.165) is 0 Å². The van der Waals surface area contributed by atoms with Crippen LogP contribution in [0, 0.1) is 0 Å². The summed E-state index contributed by atoms with van der Waals surface area (Å²) < 4.78 is 5.02. The van der Waals surface area contributed by atoms with Gasteiger partial charge in [-0.25, -0.2) is 9.89 Å². The normalized spacial score (nSPS) is 12.9. The molecule has 0 fully saturated rings. The highest BCUT2D eigenvalue weighted by Gasteiger charge is 2.20. The number of aromatic amines is 1. The van der Waals surface area contributed by atoms with Crippen LogP contribution in [-0.4, -0.2) is 44.6 Å². The van der Waals surface area contributed by atoms with Crippen molar-refractivity contribution in [2.45, 2.75) is 38.8 Å². The standard InChI is InChI=1S/C9H15N5O3/c1-9(2,3)17-8(16)10-6(5-15)4-7-11-13-14-12-7/h5-6H,4H2,1-3H3,(H,10,16)(H,11,12,13,14)/t6-/m0/s1. The first-order valence-electron chi connectivity index (χ1n) is 5.08. The van der Waals surface area contributed by atoms with Gasteiger partial charge in [-0.15, -0.1) is 5.10 Å². The van der Waals surface area contributed by atoms with Crippen molar-refractivity contribution in [1.82, 2.24) is 25.9 Å². The van der Waals surface area contributed by atoms with Gasteiger partial charge in [0.05, 0.1) is 6.04 Å². The quantitative estimate of drug-likeness (QED) is 0.708. The zero-order valence-corrected chi connectivity index (χ0v) is 9.93. The van der Waals surface area contributed by atoms with E-state index in [1.807, 2.05) is 0 Å². The van der Waals surface area contributed by atoms with Crippen molar-refractivity contribution in [2.75, 3.05) is 0 Å². The molecule has 0 saturated heterocycles. The molecule has 0 unspecified atom stereocenters. The highest BCUT2D eigenvalue weighted by Crippen LogP contribution is 2.06. The smallest absolute Gasteiger partial charge is 0.408 e. The van der Waals surface area contributed by atoms with Crippen molar-refractivity contribution < 1.29 is 14.3 Å². The fourth-order valence-corrected chi connectivity index (χ4v) is 1.07. The molecular weight excluding hydrogens is 226 g/mol. The van der Waals surface area contributed by atoms with Crippen molar-refractivity contribution >= 4 is 12.4 Å². The lowest BCUT2D eigenvalue weighted by Gasteiger charge is -2.21. The van der Waals surface area contributed by atoms with Crippen LogP contribution in [0.5, 0.6) is 0 Å². The van der Waals surface area contributed by atoms with Gasteiger partial charge in [0.15, 0.2) is 5.82 Å². The zero-order valence-electron chi connectivity index (χ0n) is 9.93. The number of nitrogens with one attached hydrogen (secondary N) is 2. The Morgan fingerprint density at radius 2 is 2.29 bits per heavy atom. The van der Waals surface area contributed by atoms with Crippen molar-refractivity contribution in [3.8, 4) is 0 Å². The Morgan fingerprint density at radius 3 is 2.76 bits per heavy atom. The number of hydrogen-bond donors (Lipinski definition) is 2. The van der Waals surface area contributed by atoms with Crippen LogP contribution in [0.15, 0.2) is 0 Å². The highest BCUT2D eigenvalue weighted by molar-refractivity contribution is 5.73. The largest absolute Gasteiger partial charge is 0.444 e. The summed E-state index contributed by atoms with van der Waals surface area (Å²) in [7, 11) is 0. The Kier molecular flexibility index (Phi) is 4.13. The van der Waals surface area contributed by atoms with E-state index < -0.39 is 17.7 Å². The van der Waals surface area contributed by atoms with Crippen LogP contribution in [-0.2, 0) is 16.0 Å². The zero-order chi connectivity index (χ0) is 12.9. The van der Waals surface area contributed by atoms with Gasteiger partial charge in [0.2, 0.25) is 0 Å². The summed E-state index contributed by atoms with van der Waals surface area (Å²) in [5.41, 5.74) is -0.606. The van der Waals surface area contributed by atoms with Crippen molar-refractivity contribution in [1.29, 1.82) is 0 Å². The first-order chi connectivity index (χ1) is 7.90. The third kappa shape index (κ3) is 5.05. The van der Waals surface area contributed by atoms with Gasteiger partial charge in [0, 0.05) is 6.42 Å². The molecule has 1 aromatic rings. The van der Waals surface area contributed by atoms with E-state index in [2.05, 4.69) is 25.9 Å². The second-order valence-corrected chi connectivity index (χ2v) is 4.44. The lowest BCUT2D eigenvalue weighted by Crippen LogP contribution is -2.41. The number of amides is 1. The average Bonchev–Trinajstić information content (AvgIpc) is 2.66. The van der Waals surface area contributed by atoms with Gasteiger partial charge in [-0.2, -0.15) is 0 Å². The fourth-order valence-electron chi connectivity index (χ4n) is 1.07. The van der Waals surface area contributed by atoms with Crippen LogP contribution in [0.2, 0.25) is 0 Å². The molecule has 0 aromatic carbocycles. The second-order valence-electron chi connectivity index (χ2n) is 4.44. The van der Waals surface area contributed by atoms with Gasteiger partial charge in [-0.1, -0.05) is 0 Å². The monoisotopic (exact) mass is 241 g/mol. The summed E-state index contributed by atoms with van der Waals surface area (Å²) in [5, 5.41) is 15.3. The van der Waals surface area contributed by atoms with Gasteiger partial charge in [-0.05, 0) is 31.2 Å². The first-order valence-corrected chi connectivity index (χ1v) is 5.08. The van der Waals surface area contributed by atoms with E-state index in [4.69, 9.17) is 4.74 Å². The van der Waals surface area contributed by atoms with Crippen LogP contribution >= 0.6 is 0 Å². The number of aromatic nitrogens is 4. The molecular formula is C9H15N5O3. The highest BCUT2D eigenvalue weighted by atomic mass is 16.6. The van der Waals surface area contributed by atoms with Crippen LogP contribution < -0.4 is 5.32 Å². The van der Waals surface area contributed by atoms with E-state index in [-0.39, 0.29) is 6.42 Å². The van der Waals surface area contributed by atoms with Gasteiger partial charge >= 0.3 is 6.09 Å². The Bertz CT molecular complexity index is 370. The molecule has 1 amide bonds. The molecule has 0 aliphatic carbocycles. The Balaban J connectivity index is 2.47. The number of carbonyl (C=O) groups excluding carboxylic acids is 2. The third-order valence-corrected chi connectivity index (χ3v) is 1.67. The van der Waals surface area contributed by atoms with Crippen LogP contribution in [0.4, 0.5) is 4.79 Å². The van der Waals surface area contributed by atoms with Crippen molar-refractivity contribution in [3.63, 3.8) is 0 Å². The number of H-pyrrole nitrogens is 1. The van der Waals surface area contributed by atoms with Gasteiger partial charge in [0.25, 0.3) is 0 Å². The molecule has 1 aromatic heterocycles. The minimum absolute atomic E-state index is 0.190. The van der Waals surface area contributed by atoms with Crippen molar-refractivity contribution in [2.24, 2.45) is 0 Å². The summed E-state index contributed by atoms with van der Waals surface area (Å²) in [5.74, 6) is 0.415. The summed E-state index contributed by atoms with van der Waals surface area (Å²) in [6.07, 6.45) is 0.143. The maximum Gasteiger partial charge on any atom is 0.408 e. The molecule has 8 heteroatoms. The van der Waals surface area contributed by atoms with Gasteiger partial charge in [0.1, 0.15) is 11.9 Å². The molecule has 0 aliphatic rings. The lowest BCUT2D eigenvalue weighted by atomic mass is 10.2. The molecule has 0 saturated carbocycles. The number of nitrogens with zero attached hydrogens (tertiary/aromatic N) is 3. The third-order valence-electron chi connectivity index (χ3n) is 1.67. The van der Waals surface area contributed by atoms with Gasteiger partial charge in [-0.3, -0.25) is 0 Å². The molecule has 0 aliphatic heterocycles. The number of tetrazole rings is 1. The number of aldehydes is 1. The molecule has 1 atom stereocenters. The van der Waals surface area contributed by atoms with Crippen LogP contribution in [0.1, 0.15) is 26.6 Å². The summed E-state index contributed by atoms with van der Waals surface area (Å²) >= 11 is 0. The Labute approximate surface area is 98.1 Å². The SMILES string of the molecule is CC(C)(C)OC(=O)N[C@H](C=O)Cc1nnn[nH]1. The molecule has 2 N–H and O–H groups in total. The Hall–Kier alpha value is -1.99. The number of alkyl carbamates (subject to hydrolysis) is 1. The number of ether oxygens (including phenoxy) is 1. The number of hydrogen-bond acceptors (Lipinski definition) is 6. The summed E-state index contributed by atoms with van der Waals surface area (Å²) in [6.45, 7) is 5.22. The number of carbonyl (C=O) groups is 2. The first kappa shape index (κ1) is 13.1. The maximum atomic E-state index is 11.4. The maximum absolute atomic E-state index is 11.4. The molecule has 0 spiro atoms. The predicted octanol–water partition coefficient (Wildman–Crippen LogP) is -0.166. The fraction of sp³-hybridized carbons (Fsp3) is 0.667. The summed E-state index contributed by atoms with van der Waals surface area (Å²) in [6, 6.07) is -0.723. The van der Waals surface area contributed by atoms with E-state index in [0.29, 0.717) is 12.1 Å². The Morgan fingerprint density at radius 1 is 1.59 bits per heavy atom. The van der Waals surface area contributed by atoms with E-state index in [1.165, 1.54) is 0 Å². The lowest BCUT2D eigenvalue weighted by molar-refractivity contribution is -0.109. The van der Waals surface area contributed by atoms with E-state index in [1.54, 1.807) is 20.8 Å². The molecule has 94 valence electrons. The topological polar surface area (TPSA) is 110 Å². The summed E-state index contributed by atoms with van der Waals surface area (Å²) in [4.78, 5) is 22.2.